The molecule has 2 heterocycles. The second kappa shape index (κ2) is 5.64. The van der Waals surface area contributed by atoms with Crippen molar-refractivity contribution in [3.05, 3.63) is 21.8 Å². The molecule has 0 aliphatic rings. The van der Waals surface area contributed by atoms with Crippen LogP contribution in [0, 0.1) is 0 Å². The van der Waals surface area contributed by atoms with E-state index in [9.17, 15) is 9.90 Å². The van der Waals surface area contributed by atoms with Crippen molar-refractivity contribution >= 4 is 33.3 Å². The Balaban J connectivity index is 2.31. The molecule has 6 heteroatoms. The maximum absolute atomic E-state index is 12.1. The molecule has 0 aromatic carbocycles. The topological polar surface area (TPSA) is 55.1 Å². The molecule has 0 aliphatic carbocycles. The summed E-state index contributed by atoms with van der Waals surface area (Å²) in [6.07, 6.45) is 1.40. The van der Waals surface area contributed by atoms with Crippen LogP contribution in [0.5, 0.6) is 0 Å². The maximum Gasteiger partial charge on any atom is 0.262 e. The largest absolute Gasteiger partial charge is 0.389 e. The lowest BCUT2D eigenvalue weighted by atomic mass is 10.0. The van der Waals surface area contributed by atoms with E-state index in [-0.39, 0.29) is 5.56 Å². The van der Waals surface area contributed by atoms with Gasteiger partial charge in [-0.05, 0) is 24.3 Å². The minimum Gasteiger partial charge on any atom is -0.389 e. The standard InChI is InChI=1S/C13H18N2O2S2/c1-4-13(17,5-2)8-19-12-14-10-9(6-7-18-10)11(16)15(12)3/h6-7,17H,4-5,8H2,1-3H3. The lowest BCUT2D eigenvalue weighted by Crippen LogP contribution is -2.30. The molecular formula is C13H18N2O2S2. The Morgan fingerprint density at radius 2 is 2.16 bits per heavy atom. The van der Waals surface area contributed by atoms with E-state index in [1.165, 1.54) is 23.1 Å². The van der Waals surface area contributed by atoms with Gasteiger partial charge in [-0.1, -0.05) is 25.6 Å². The van der Waals surface area contributed by atoms with Gasteiger partial charge in [0.15, 0.2) is 5.16 Å². The molecular weight excluding hydrogens is 280 g/mol. The fraction of sp³-hybridized carbons (Fsp3) is 0.538. The third-order valence-electron chi connectivity index (χ3n) is 3.45. The number of thioether (sulfide) groups is 1. The predicted molar refractivity (Wildman–Crippen MR) is 81.1 cm³/mol. The van der Waals surface area contributed by atoms with Gasteiger partial charge < -0.3 is 5.11 Å². The number of hydrogen-bond acceptors (Lipinski definition) is 5. The van der Waals surface area contributed by atoms with Gasteiger partial charge in [0.25, 0.3) is 5.56 Å². The molecule has 0 fully saturated rings. The van der Waals surface area contributed by atoms with E-state index < -0.39 is 5.60 Å². The molecule has 0 saturated heterocycles. The maximum atomic E-state index is 12.1. The Morgan fingerprint density at radius 1 is 1.47 bits per heavy atom. The summed E-state index contributed by atoms with van der Waals surface area (Å²) < 4.78 is 1.56. The third kappa shape index (κ3) is 2.85. The fourth-order valence-electron chi connectivity index (χ4n) is 1.76. The smallest absolute Gasteiger partial charge is 0.262 e. The van der Waals surface area contributed by atoms with Gasteiger partial charge >= 0.3 is 0 Å². The van der Waals surface area contributed by atoms with E-state index >= 15 is 0 Å². The molecule has 19 heavy (non-hydrogen) atoms. The summed E-state index contributed by atoms with van der Waals surface area (Å²) in [5.41, 5.74) is -0.711. The molecule has 0 saturated carbocycles. The zero-order valence-corrected chi connectivity index (χ0v) is 13.0. The normalized spacial score (nSPS) is 12.2. The first kappa shape index (κ1) is 14.6. The fourth-order valence-corrected chi connectivity index (χ4v) is 3.81. The quantitative estimate of drug-likeness (QED) is 0.681. The van der Waals surface area contributed by atoms with Crippen molar-refractivity contribution in [3.63, 3.8) is 0 Å². The van der Waals surface area contributed by atoms with Crippen molar-refractivity contribution in [1.29, 1.82) is 0 Å². The molecule has 2 aromatic heterocycles. The Kier molecular flexibility index (Phi) is 4.32. The summed E-state index contributed by atoms with van der Waals surface area (Å²) in [6.45, 7) is 3.94. The Morgan fingerprint density at radius 3 is 2.79 bits per heavy atom. The zero-order chi connectivity index (χ0) is 14.0. The highest BCUT2D eigenvalue weighted by Gasteiger charge is 2.23. The van der Waals surface area contributed by atoms with Crippen LogP contribution < -0.4 is 5.56 Å². The van der Waals surface area contributed by atoms with Crippen molar-refractivity contribution in [2.24, 2.45) is 7.05 Å². The Labute approximate surface area is 120 Å². The highest BCUT2D eigenvalue weighted by Crippen LogP contribution is 2.26. The van der Waals surface area contributed by atoms with Crippen LogP contribution >= 0.6 is 23.1 Å². The van der Waals surface area contributed by atoms with Crippen LogP contribution in [-0.4, -0.2) is 26.0 Å². The molecule has 104 valence electrons. The summed E-state index contributed by atoms with van der Waals surface area (Å²) >= 11 is 2.91. The monoisotopic (exact) mass is 298 g/mol. The first-order valence-corrected chi connectivity index (χ1v) is 8.16. The first-order valence-electron chi connectivity index (χ1n) is 6.30. The molecule has 0 amide bonds. The third-order valence-corrected chi connectivity index (χ3v) is 5.56. The van der Waals surface area contributed by atoms with E-state index in [2.05, 4.69) is 4.98 Å². The Hall–Kier alpha value is -0.850. The number of nitrogens with zero attached hydrogens (tertiary/aromatic N) is 2. The van der Waals surface area contributed by atoms with Crippen molar-refractivity contribution < 1.29 is 5.11 Å². The van der Waals surface area contributed by atoms with Crippen LogP contribution in [0.2, 0.25) is 0 Å². The van der Waals surface area contributed by atoms with Crippen LogP contribution in [0.15, 0.2) is 21.4 Å². The minimum atomic E-state index is -0.688. The number of aliphatic hydroxyl groups is 1. The second-order valence-corrected chi connectivity index (χ2v) is 6.46. The summed E-state index contributed by atoms with van der Waals surface area (Å²) in [4.78, 5) is 17.4. The summed E-state index contributed by atoms with van der Waals surface area (Å²) in [5, 5.41) is 13.5. The molecule has 2 rings (SSSR count). The van der Waals surface area contributed by atoms with Gasteiger partial charge in [0, 0.05) is 12.8 Å². The lowest BCUT2D eigenvalue weighted by Gasteiger charge is -2.24. The molecule has 0 spiro atoms. The molecule has 0 atom stereocenters. The average Bonchev–Trinajstić information content (AvgIpc) is 2.89. The summed E-state index contributed by atoms with van der Waals surface area (Å²) in [7, 11) is 1.73. The lowest BCUT2D eigenvalue weighted by molar-refractivity contribution is 0.0571. The molecule has 1 N–H and O–H groups in total. The van der Waals surface area contributed by atoms with E-state index in [1.54, 1.807) is 17.7 Å². The van der Waals surface area contributed by atoms with E-state index in [1.807, 2.05) is 19.2 Å². The molecule has 0 bridgehead atoms. The number of fused-ring (bicyclic) bond motifs is 1. The molecule has 0 aliphatic heterocycles. The van der Waals surface area contributed by atoms with Crippen molar-refractivity contribution in [2.75, 3.05) is 5.75 Å². The number of aromatic nitrogens is 2. The summed E-state index contributed by atoms with van der Waals surface area (Å²) in [6, 6.07) is 1.80. The van der Waals surface area contributed by atoms with Gasteiger partial charge in [-0.25, -0.2) is 4.98 Å². The SMILES string of the molecule is CCC(O)(CC)CSc1nc2sccc2c(=O)n1C. The van der Waals surface area contributed by atoms with Gasteiger partial charge in [-0.3, -0.25) is 9.36 Å². The van der Waals surface area contributed by atoms with Crippen LogP contribution in [0.1, 0.15) is 26.7 Å². The van der Waals surface area contributed by atoms with Crippen LogP contribution in [0.25, 0.3) is 10.2 Å². The van der Waals surface area contributed by atoms with Gasteiger partial charge in [-0.15, -0.1) is 11.3 Å². The average molecular weight is 298 g/mol. The van der Waals surface area contributed by atoms with Gasteiger partial charge in [0.05, 0.1) is 11.0 Å². The van der Waals surface area contributed by atoms with Crippen LogP contribution in [-0.2, 0) is 7.05 Å². The molecule has 0 radical (unpaired) electrons. The van der Waals surface area contributed by atoms with Crippen LogP contribution in [0.3, 0.4) is 0 Å². The number of hydrogen-bond donors (Lipinski definition) is 1. The van der Waals surface area contributed by atoms with Crippen molar-refractivity contribution in [3.8, 4) is 0 Å². The number of rotatable bonds is 5. The van der Waals surface area contributed by atoms with Gasteiger partial charge in [-0.2, -0.15) is 0 Å². The number of thiophene rings is 1. The van der Waals surface area contributed by atoms with Crippen LogP contribution in [0.4, 0.5) is 0 Å². The van der Waals surface area contributed by atoms with Gasteiger partial charge in [0.1, 0.15) is 4.83 Å². The summed E-state index contributed by atoms with van der Waals surface area (Å²) in [5.74, 6) is 0.553. The zero-order valence-electron chi connectivity index (χ0n) is 11.3. The molecule has 0 unspecified atom stereocenters. The van der Waals surface area contributed by atoms with Crippen molar-refractivity contribution in [1.82, 2.24) is 9.55 Å². The Bertz CT molecular complexity index is 629. The first-order chi connectivity index (χ1) is 9.00. The highest BCUT2D eigenvalue weighted by molar-refractivity contribution is 7.99. The van der Waals surface area contributed by atoms with Crippen molar-refractivity contribution in [2.45, 2.75) is 37.4 Å². The molecule has 4 nitrogen and oxygen atoms in total. The predicted octanol–water partition coefficient (Wildman–Crippen LogP) is 2.64. The van der Waals surface area contributed by atoms with Gasteiger partial charge in [0.2, 0.25) is 0 Å². The van der Waals surface area contributed by atoms with E-state index in [4.69, 9.17) is 0 Å². The second-order valence-electron chi connectivity index (χ2n) is 4.62. The van der Waals surface area contributed by atoms with E-state index in [0.29, 0.717) is 29.1 Å². The minimum absolute atomic E-state index is 0.0229. The highest BCUT2D eigenvalue weighted by atomic mass is 32.2. The molecule has 2 aromatic rings. The van der Waals surface area contributed by atoms with E-state index in [0.717, 1.165) is 4.83 Å².